The Hall–Kier alpha value is -1.42. The van der Waals surface area contributed by atoms with Crippen LogP contribution in [0.4, 0.5) is 4.39 Å². The van der Waals surface area contributed by atoms with Crippen LogP contribution >= 0.6 is 0 Å². The van der Waals surface area contributed by atoms with Crippen molar-refractivity contribution < 1.29 is 9.18 Å². The Morgan fingerprint density at radius 2 is 2.04 bits per heavy atom. The molecule has 2 fully saturated rings. The average Bonchev–Trinajstić information content (AvgIpc) is 3.04. The minimum absolute atomic E-state index is 0.173. The van der Waals surface area contributed by atoms with Crippen LogP contribution in [0.2, 0.25) is 0 Å². The number of rotatable bonds is 5. The highest BCUT2D eigenvalue weighted by molar-refractivity contribution is 5.76. The molecule has 3 rings (SSSR count). The molecular formula is C20H29FN2O. The van der Waals surface area contributed by atoms with Crippen LogP contribution in [0, 0.1) is 17.7 Å². The van der Waals surface area contributed by atoms with Crippen molar-refractivity contribution >= 4 is 5.91 Å². The SMILES string of the molecule is C[C@H](CC(=O)N[C@@H]1CCC[C@H]1c1ccc(F)cc1)[C@@H]1CCCNC1. The third-order valence-corrected chi connectivity index (χ3v) is 5.81. The van der Waals surface area contributed by atoms with Crippen molar-refractivity contribution in [3.8, 4) is 0 Å². The number of nitrogens with one attached hydrogen (secondary N) is 2. The molecule has 3 nitrogen and oxygen atoms in total. The second kappa shape index (κ2) is 8.11. The summed E-state index contributed by atoms with van der Waals surface area (Å²) in [6.45, 7) is 4.34. The first-order valence-electron chi connectivity index (χ1n) is 9.39. The summed E-state index contributed by atoms with van der Waals surface area (Å²) >= 11 is 0. The van der Waals surface area contributed by atoms with Crippen LogP contribution in [-0.2, 0) is 4.79 Å². The predicted molar refractivity (Wildman–Crippen MR) is 94.3 cm³/mol. The molecule has 0 radical (unpaired) electrons. The van der Waals surface area contributed by atoms with Crippen molar-refractivity contribution in [3.63, 3.8) is 0 Å². The number of halogens is 1. The van der Waals surface area contributed by atoms with Gasteiger partial charge in [-0.2, -0.15) is 0 Å². The molecule has 0 spiro atoms. The zero-order valence-electron chi connectivity index (χ0n) is 14.6. The molecule has 1 amide bonds. The topological polar surface area (TPSA) is 41.1 Å². The lowest BCUT2D eigenvalue weighted by atomic mass is 9.85. The van der Waals surface area contributed by atoms with Gasteiger partial charge in [-0.25, -0.2) is 4.39 Å². The first-order chi connectivity index (χ1) is 11.6. The highest BCUT2D eigenvalue weighted by atomic mass is 19.1. The van der Waals surface area contributed by atoms with Gasteiger partial charge in [-0.3, -0.25) is 4.79 Å². The Bertz CT molecular complexity index is 539. The summed E-state index contributed by atoms with van der Waals surface area (Å²) in [5, 5.41) is 6.69. The molecule has 24 heavy (non-hydrogen) atoms. The van der Waals surface area contributed by atoms with Gasteiger partial charge in [0.2, 0.25) is 5.91 Å². The summed E-state index contributed by atoms with van der Waals surface area (Å²) in [7, 11) is 0. The zero-order valence-corrected chi connectivity index (χ0v) is 14.6. The summed E-state index contributed by atoms with van der Waals surface area (Å²) in [6.07, 6.45) is 6.26. The van der Waals surface area contributed by atoms with Crippen molar-refractivity contribution in [1.29, 1.82) is 0 Å². The molecule has 4 heteroatoms. The number of benzene rings is 1. The Kier molecular flexibility index (Phi) is 5.88. The molecule has 2 aliphatic rings. The van der Waals surface area contributed by atoms with E-state index < -0.39 is 0 Å². The van der Waals surface area contributed by atoms with Gasteiger partial charge in [0.05, 0.1) is 0 Å². The first kappa shape index (κ1) is 17.4. The summed E-state index contributed by atoms with van der Waals surface area (Å²) in [4.78, 5) is 12.5. The van der Waals surface area contributed by atoms with E-state index in [-0.39, 0.29) is 17.8 Å². The molecule has 0 unspecified atom stereocenters. The van der Waals surface area contributed by atoms with Gasteiger partial charge < -0.3 is 10.6 Å². The van der Waals surface area contributed by atoms with E-state index in [2.05, 4.69) is 17.6 Å². The van der Waals surface area contributed by atoms with Crippen molar-refractivity contribution in [2.45, 2.75) is 57.4 Å². The number of carbonyl (C=O) groups is 1. The molecule has 2 N–H and O–H groups in total. The van der Waals surface area contributed by atoms with Crippen LogP contribution in [0.3, 0.4) is 0 Å². The van der Waals surface area contributed by atoms with Gasteiger partial charge in [-0.05, 0) is 68.3 Å². The lowest BCUT2D eigenvalue weighted by Gasteiger charge is -2.29. The lowest BCUT2D eigenvalue weighted by molar-refractivity contribution is -0.123. The molecule has 1 aliphatic heterocycles. The number of amides is 1. The highest BCUT2D eigenvalue weighted by Crippen LogP contribution is 2.35. The van der Waals surface area contributed by atoms with Gasteiger partial charge in [0.1, 0.15) is 5.82 Å². The van der Waals surface area contributed by atoms with Gasteiger partial charge in [0, 0.05) is 18.4 Å². The molecule has 1 aromatic carbocycles. The van der Waals surface area contributed by atoms with Crippen molar-refractivity contribution in [3.05, 3.63) is 35.6 Å². The minimum atomic E-state index is -0.202. The zero-order chi connectivity index (χ0) is 16.9. The van der Waals surface area contributed by atoms with E-state index in [0.717, 1.165) is 37.9 Å². The standard InChI is InChI=1S/C20H29FN2O/c1-14(16-4-3-11-22-13-16)12-20(24)23-19-6-2-5-18(19)15-7-9-17(21)10-8-15/h7-10,14,16,18-19,22H,2-6,11-13H2,1H3,(H,23,24)/t14-,16-,18+,19-/m1/s1. The van der Waals surface area contributed by atoms with E-state index in [1.54, 1.807) is 0 Å². The third-order valence-electron chi connectivity index (χ3n) is 5.81. The van der Waals surface area contributed by atoms with Crippen LogP contribution in [0.5, 0.6) is 0 Å². The first-order valence-corrected chi connectivity index (χ1v) is 9.39. The molecule has 0 bridgehead atoms. The Morgan fingerprint density at radius 1 is 1.25 bits per heavy atom. The molecule has 4 atom stereocenters. The fourth-order valence-electron chi connectivity index (χ4n) is 4.33. The Balaban J connectivity index is 1.53. The third kappa shape index (κ3) is 4.35. The predicted octanol–water partition coefficient (Wildman–Crippen LogP) is 3.60. The molecule has 1 aromatic rings. The van der Waals surface area contributed by atoms with E-state index in [1.165, 1.54) is 25.0 Å². The maximum absolute atomic E-state index is 13.1. The molecule has 1 aliphatic carbocycles. The molecule has 132 valence electrons. The molecule has 0 aromatic heterocycles. The summed E-state index contributed by atoms with van der Waals surface area (Å²) in [6, 6.07) is 6.95. The molecular weight excluding hydrogens is 303 g/mol. The van der Waals surface area contributed by atoms with Crippen molar-refractivity contribution in [1.82, 2.24) is 10.6 Å². The van der Waals surface area contributed by atoms with Gasteiger partial charge in [-0.1, -0.05) is 25.5 Å². The Labute approximate surface area is 144 Å². The van der Waals surface area contributed by atoms with E-state index in [1.807, 2.05) is 12.1 Å². The van der Waals surface area contributed by atoms with Crippen LogP contribution in [0.15, 0.2) is 24.3 Å². The van der Waals surface area contributed by atoms with Gasteiger partial charge in [0.25, 0.3) is 0 Å². The second-order valence-electron chi connectivity index (χ2n) is 7.55. The molecule has 1 saturated carbocycles. The monoisotopic (exact) mass is 332 g/mol. The highest BCUT2D eigenvalue weighted by Gasteiger charge is 2.30. The smallest absolute Gasteiger partial charge is 0.220 e. The fourth-order valence-corrected chi connectivity index (χ4v) is 4.33. The van der Waals surface area contributed by atoms with Gasteiger partial charge >= 0.3 is 0 Å². The lowest BCUT2D eigenvalue weighted by Crippen LogP contribution is -2.39. The largest absolute Gasteiger partial charge is 0.353 e. The molecule has 1 saturated heterocycles. The average molecular weight is 332 g/mol. The normalized spacial score (nSPS) is 28.5. The van der Waals surface area contributed by atoms with Gasteiger partial charge in [0.15, 0.2) is 0 Å². The number of hydrogen-bond acceptors (Lipinski definition) is 2. The van der Waals surface area contributed by atoms with Crippen LogP contribution in [0.25, 0.3) is 0 Å². The van der Waals surface area contributed by atoms with E-state index >= 15 is 0 Å². The molecule has 1 heterocycles. The Morgan fingerprint density at radius 3 is 2.75 bits per heavy atom. The maximum atomic E-state index is 13.1. The van der Waals surface area contributed by atoms with Crippen LogP contribution < -0.4 is 10.6 Å². The summed E-state index contributed by atoms with van der Waals surface area (Å²) in [5.41, 5.74) is 1.14. The number of piperidine rings is 1. The van der Waals surface area contributed by atoms with Crippen LogP contribution in [-0.4, -0.2) is 25.0 Å². The van der Waals surface area contributed by atoms with Crippen LogP contribution in [0.1, 0.15) is 56.9 Å². The second-order valence-corrected chi connectivity index (χ2v) is 7.55. The van der Waals surface area contributed by atoms with E-state index in [4.69, 9.17) is 0 Å². The minimum Gasteiger partial charge on any atom is -0.353 e. The summed E-state index contributed by atoms with van der Waals surface area (Å²) in [5.74, 6) is 1.32. The summed E-state index contributed by atoms with van der Waals surface area (Å²) < 4.78 is 13.1. The number of hydrogen-bond donors (Lipinski definition) is 2. The fraction of sp³-hybridized carbons (Fsp3) is 0.650. The maximum Gasteiger partial charge on any atom is 0.220 e. The van der Waals surface area contributed by atoms with E-state index in [9.17, 15) is 9.18 Å². The van der Waals surface area contributed by atoms with Crippen molar-refractivity contribution in [2.75, 3.05) is 13.1 Å². The quantitative estimate of drug-likeness (QED) is 0.865. The van der Waals surface area contributed by atoms with E-state index in [0.29, 0.717) is 24.2 Å². The van der Waals surface area contributed by atoms with Gasteiger partial charge in [-0.15, -0.1) is 0 Å². The number of carbonyl (C=O) groups excluding carboxylic acids is 1. The van der Waals surface area contributed by atoms with Crippen molar-refractivity contribution in [2.24, 2.45) is 11.8 Å².